The minimum atomic E-state index is -1.07. The van der Waals surface area contributed by atoms with E-state index >= 15 is 0 Å². The summed E-state index contributed by atoms with van der Waals surface area (Å²) in [5.74, 6) is -0.945. The van der Waals surface area contributed by atoms with Gasteiger partial charge in [-0.05, 0) is 13.5 Å². The van der Waals surface area contributed by atoms with Gasteiger partial charge in [-0.3, -0.25) is 9.69 Å². The molecular weight excluding hydrogens is 404 g/mol. The molecule has 8 nitrogen and oxygen atoms in total. The number of carbonyl (C=O) groups excluding carboxylic acids is 1. The molecule has 6 unspecified atom stereocenters. The number of hydrogen-bond donors (Lipinski definition) is 4. The standard InChI is InChI=1S/C21H37F2N7O/c1-21-4-3-13(22)12-30(21)16(9-21)17(19(24)25)20(31)27-15-11-26-10-14(23)18(15)29-7-5-28(2)6-8-29/h12-19,26H,3-11,24-25H2,1-2H3/p+1/t13?,14?,15?,16?,17?,18?,21-/m1/s1. The molecule has 0 aromatic carbocycles. The van der Waals surface area contributed by atoms with Crippen molar-refractivity contribution in [1.29, 1.82) is 0 Å². The highest BCUT2D eigenvalue weighted by molar-refractivity contribution is 5.80. The number of nitrogens with two attached hydrogens (primary N) is 2. The molecule has 4 aliphatic heterocycles. The SMILES string of the molecule is CN1CCN(C2C(F)CNCC2NC(=O)C(C(N)N)C2C[C@@]3(C)CCC(F)C=[N+]23)CC1. The number of rotatable bonds is 5. The predicted molar refractivity (Wildman–Crippen MR) is 115 cm³/mol. The summed E-state index contributed by atoms with van der Waals surface area (Å²) in [6, 6.07) is -0.980. The van der Waals surface area contributed by atoms with Crippen LogP contribution in [0.1, 0.15) is 26.2 Å². The summed E-state index contributed by atoms with van der Waals surface area (Å²) in [5.41, 5.74) is 12.0. The number of nitrogens with one attached hydrogen (secondary N) is 2. The first-order chi connectivity index (χ1) is 14.7. The molecule has 3 fully saturated rings. The molecule has 7 atom stereocenters. The van der Waals surface area contributed by atoms with Gasteiger partial charge < -0.3 is 27.0 Å². The van der Waals surface area contributed by atoms with Crippen LogP contribution in [0.3, 0.4) is 0 Å². The van der Waals surface area contributed by atoms with Crippen molar-refractivity contribution in [2.75, 3.05) is 46.3 Å². The maximum Gasteiger partial charge on any atom is 0.233 e. The maximum atomic E-state index is 15.0. The largest absolute Gasteiger partial charge is 0.350 e. The molecule has 31 heavy (non-hydrogen) atoms. The maximum absolute atomic E-state index is 15.0. The number of likely N-dealkylation sites (N-methyl/N-ethyl adjacent to an activating group) is 1. The summed E-state index contributed by atoms with van der Waals surface area (Å²) in [7, 11) is 2.06. The monoisotopic (exact) mass is 442 g/mol. The summed E-state index contributed by atoms with van der Waals surface area (Å²) >= 11 is 0. The normalized spacial score (nSPS) is 40.6. The molecule has 0 aromatic heterocycles. The Balaban J connectivity index is 1.48. The third-order valence-electron chi connectivity index (χ3n) is 7.82. The molecule has 4 aliphatic rings. The van der Waals surface area contributed by atoms with E-state index in [2.05, 4.69) is 34.4 Å². The third-order valence-corrected chi connectivity index (χ3v) is 7.82. The lowest BCUT2D eigenvalue weighted by atomic mass is 9.70. The van der Waals surface area contributed by atoms with Crippen LogP contribution in [0.25, 0.3) is 0 Å². The van der Waals surface area contributed by atoms with E-state index in [9.17, 15) is 13.6 Å². The van der Waals surface area contributed by atoms with Gasteiger partial charge in [0.2, 0.25) is 5.91 Å². The molecule has 0 radical (unpaired) electrons. The van der Waals surface area contributed by atoms with Crippen LogP contribution in [-0.4, -0.2) is 115 Å². The Morgan fingerprint density at radius 3 is 2.65 bits per heavy atom. The van der Waals surface area contributed by atoms with E-state index in [1.807, 2.05) is 4.58 Å². The molecule has 0 aliphatic carbocycles. The summed E-state index contributed by atoms with van der Waals surface area (Å²) < 4.78 is 31.0. The molecular formula is C21H38F2N7O+. The Morgan fingerprint density at radius 2 is 1.97 bits per heavy atom. The number of amides is 1. The number of alkyl halides is 2. The lowest BCUT2D eigenvalue weighted by Gasteiger charge is -2.48. The van der Waals surface area contributed by atoms with Gasteiger partial charge in [-0.25, -0.2) is 13.4 Å². The van der Waals surface area contributed by atoms with Gasteiger partial charge in [0.25, 0.3) is 0 Å². The Labute approximate surface area is 183 Å². The van der Waals surface area contributed by atoms with Gasteiger partial charge in [-0.15, -0.1) is 0 Å². The van der Waals surface area contributed by atoms with E-state index in [1.165, 1.54) is 0 Å². The third kappa shape index (κ3) is 4.50. The van der Waals surface area contributed by atoms with E-state index in [0.29, 0.717) is 13.0 Å². The number of halogens is 2. The highest BCUT2D eigenvalue weighted by Crippen LogP contribution is 2.42. The molecule has 0 bridgehead atoms. The van der Waals surface area contributed by atoms with Crippen LogP contribution in [0.15, 0.2) is 0 Å². The first-order valence-electron chi connectivity index (χ1n) is 11.6. The van der Waals surface area contributed by atoms with Crippen molar-refractivity contribution in [3.8, 4) is 0 Å². The van der Waals surface area contributed by atoms with Gasteiger partial charge in [0, 0.05) is 52.6 Å². The lowest BCUT2D eigenvalue weighted by molar-refractivity contribution is -0.711. The van der Waals surface area contributed by atoms with Crippen LogP contribution >= 0.6 is 0 Å². The van der Waals surface area contributed by atoms with Crippen molar-refractivity contribution in [3.05, 3.63) is 0 Å². The van der Waals surface area contributed by atoms with Crippen LogP contribution in [0.2, 0.25) is 0 Å². The average molecular weight is 443 g/mol. The van der Waals surface area contributed by atoms with Crippen LogP contribution in [0.4, 0.5) is 8.78 Å². The van der Waals surface area contributed by atoms with Crippen molar-refractivity contribution < 1.29 is 18.2 Å². The fraction of sp³-hybridized carbons (Fsp3) is 0.905. The molecule has 4 heterocycles. The fourth-order valence-electron chi connectivity index (χ4n) is 5.96. The Hall–Kier alpha value is -1.20. The molecule has 0 aromatic rings. The van der Waals surface area contributed by atoms with E-state index < -0.39 is 24.4 Å². The number of nitrogens with zero attached hydrogens (tertiary/aromatic N) is 3. The Bertz CT molecular complexity index is 699. The van der Waals surface area contributed by atoms with Gasteiger partial charge in [0.05, 0.1) is 24.7 Å². The van der Waals surface area contributed by atoms with Crippen molar-refractivity contribution in [3.63, 3.8) is 0 Å². The second kappa shape index (κ2) is 8.97. The molecule has 6 N–H and O–H groups in total. The molecule has 3 saturated heterocycles. The zero-order chi connectivity index (χ0) is 22.3. The number of piperazine rings is 1. The van der Waals surface area contributed by atoms with Gasteiger partial charge in [0.1, 0.15) is 12.1 Å². The van der Waals surface area contributed by atoms with E-state index in [-0.39, 0.29) is 36.1 Å². The highest BCUT2D eigenvalue weighted by Gasteiger charge is 2.60. The fourth-order valence-corrected chi connectivity index (χ4v) is 5.96. The van der Waals surface area contributed by atoms with Crippen molar-refractivity contribution in [2.24, 2.45) is 17.4 Å². The van der Waals surface area contributed by atoms with E-state index in [0.717, 1.165) is 39.0 Å². The summed E-state index contributed by atoms with van der Waals surface area (Å²) in [4.78, 5) is 17.7. The molecule has 10 heteroatoms. The highest BCUT2D eigenvalue weighted by atomic mass is 19.1. The van der Waals surface area contributed by atoms with Crippen LogP contribution in [0.5, 0.6) is 0 Å². The summed E-state index contributed by atoms with van der Waals surface area (Å²) in [6.45, 7) is 6.17. The first kappa shape index (κ1) is 23.0. The molecule has 0 saturated carbocycles. The van der Waals surface area contributed by atoms with Gasteiger partial charge in [-0.2, -0.15) is 0 Å². The molecule has 1 amide bonds. The number of hydrogen-bond acceptors (Lipinski definition) is 6. The van der Waals surface area contributed by atoms with Crippen molar-refractivity contribution >= 4 is 12.1 Å². The summed E-state index contributed by atoms with van der Waals surface area (Å²) in [5, 5.41) is 6.16. The quantitative estimate of drug-likeness (QED) is 0.310. The van der Waals surface area contributed by atoms with E-state index in [1.54, 1.807) is 6.21 Å². The first-order valence-corrected chi connectivity index (χ1v) is 11.6. The lowest BCUT2D eigenvalue weighted by Crippen LogP contribution is -2.71. The number of carbonyl (C=O) groups is 1. The summed E-state index contributed by atoms with van der Waals surface area (Å²) in [6.07, 6.45) is 0.638. The smallest absolute Gasteiger partial charge is 0.233 e. The van der Waals surface area contributed by atoms with Gasteiger partial charge in [-0.1, -0.05) is 0 Å². The average Bonchev–Trinajstić information content (AvgIpc) is 2.70. The zero-order valence-electron chi connectivity index (χ0n) is 18.6. The van der Waals surface area contributed by atoms with Crippen molar-refractivity contribution in [1.82, 2.24) is 20.4 Å². The topological polar surface area (TPSA) is 103 Å². The number of piperidine rings is 1. The predicted octanol–water partition coefficient (Wildman–Crippen LogP) is -1.37. The molecule has 176 valence electrons. The second-order valence-electron chi connectivity index (χ2n) is 10.1. The number of fused-ring (bicyclic) bond motifs is 1. The van der Waals surface area contributed by atoms with Crippen LogP contribution < -0.4 is 22.1 Å². The Morgan fingerprint density at radius 1 is 1.26 bits per heavy atom. The van der Waals surface area contributed by atoms with E-state index in [4.69, 9.17) is 11.5 Å². The molecule has 0 spiro atoms. The Kier molecular flexibility index (Phi) is 6.65. The minimum Gasteiger partial charge on any atom is -0.350 e. The molecule has 4 rings (SSSR count). The van der Waals surface area contributed by atoms with Gasteiger partial charge >= 0.3 is 0 Å². The van der Waals surface area contributed by atoms with Gasteiger partial charge in [0.15, 0.2) is 24.0 Å². The van der Waals surface area contributed by atoms with Crippen LogP contribution in [-0.2, 0) is 4.79 Å². The second-order valence-corrected chi connectivity index (χ2v) is 10.1. The van der Waals surface area contributed by atoms with Crippen molar-refractivity contribution in [2.45, 2.75) is 68.4 Å². The minimum absolute atomic E-state index is 0.139. The zero-order valence-corrected chi connectivity index (χ0v) is 18.6. The van der Waals surface area contributed by atoms with Crippen LogP contribution in [0, 0.1) is 5.92 Å².